The molecule has 0 aliphatic rings. The summed E-state index contributed by atoms with van der Waals surface area (Å²) < 4.78 is 0. The summed E-state index contributed by atoms with van der Waals surface area (Å²) in [6.45, 7) is 1.46. The van der Waals surface area contributed by atoms with Crippen LogP contribution in [0.3, 0.4) is 0 Å². The zero-order valence-corrected chi connectivity index (χ0v) is 9.34. The van der Waals surface area contributed by atoms with E-state index in [9.17, 15) is 9.59 Å². The number of rotatable bonds is 10. The maximum atomic E-state index is 11.2. The molecule has 0 aliphatic heterocycles. The van der Waals surface area contributed by atoms with Gasteiger partial charge in [-0.25, -0.2) is 0 Å². The summed E-state index contributed by atoms with van der Waals surface area (Å²) >= 11 is 0. The highest BCUT2D eigenvalue weighted by atomic mass is 16.1. The number of unbranched alkanes of at least 4 members (excludes halogenated alkanes) is 4. The number of hydrogen-bond acceptors (Lipinski definition) is 3. The molecule has 15 heavy (non-hydrogen) atoms. The molecule has 4 heteroatoms. The first-order valence-electron chi connectivity index (χ1n) is 5.71. The Hall–Kier alpha value is -0.900. The van der Waals surface area contributed by atoms with Crippen molar-refractivity contribution in [3.8, 4) is 0 Å². The quantitative estimate of drug-likeness (QED) is 0.421. The number of carbonyl (C=O) groups excluding carboxylic acids is 2. The van der Waals surface area contributed by atoms with E-state index in [0.717, 1.165) is 51.5 Å². The summed E-state index contributed by atoms with van der Waals surface area (Å²) in [7, 11) is 0. The SMILES string of the molecule is NCCCCCNC(=O)CCCCC=O. The van der Waals surface area contributed by atoms with E-state index < -0.39 is 0 Å². The van der Waals surface area contributed by atoms with Crippen molar-refractivity contribution in [3.63, 3.8) is 0 Å². The fourth-order valence-corrected chi connectivity index (χ4v) is 1.28. The van der Waals surface area contributed by atoms with Crippen molar-refractivity contribution in [2.45, 2.75) is 44.9 Å². The van der Waals surface area contributed by atoms with Crippen LogP contribution in [0.5, 0.6) is 0 Å². The first-order chi connectivity index (χ1) is 7.31. The average Bonchev–Trinajstić information content (AvgIpc) is 2.24. The minimum Gasteiger partial charge on any atom is -0.356 e. The first-order valence-corrected chi connectivity index (χ1v) is 5.71. The zero-order valence-electron chi connectivity index (χ0n) is 9.34. The molecule has 88 valence electrons. The van der Waals surface area contributed by atoms with Gasteiger partial charge in [-0.3, -0.25) is 4.79 Å². The first kappa shape index (κ1) is 14.1. The van der Waals surface area contributed by atoms with Crippen LogP contribution in [-0.2, 0) is 9.59 Å². The zero-order chi connectivity index (χ0) is 11.4. The lowest BCUT2D eigenvalue weighted by atomic mass is 10.2. The molecule has 0 aliphatic carbocycles. The lowest BCUT2D eigenvalue weighted by Crippen LogP contribution is -2.24. The molecule has 0 saturated carbocycles. The summed E-state index contributed by atoms with van der Waals surface area (Å²) in [6, 6.07) is 0. The van der Waals surface area contributed by atoms with Gasteiger partial charge < -0.3 is 15.8 Å². The lowest BCUT2D eigenvalue weighted by Gasteiger charge is -2.04. The molecule has 0 rings (SSSR count). The van der Waals surface area contributed by atoms with Crippen LogP contribution in [0.15, 0.2) is 0 Å². The molecule has 4 nitrogen and oxygen atoms in total. The maximum Gasteiger partial charge on any atom is 0.219 e. The van der Waals surface area contributed by atoms with Gasteiger partial charge in [0, 0.05) is 19.4 Å². The van der Waals surface area contributed by atoms with Gasteiger partial charge in [0.2, 0.25) is 5.91 Å². The fraction of sp³-hybridized carbons (Fsp3) is 0.818. The van der Waals surface area contributed by atoms with Crippen molar-refractivity contribution < 1.29 is 9.59 Å². The van der Waals surface area contributed by atoms with Gasteiger partial charge in [0.05, 0.1) is 0 Å². The van der Waals surface area contributed by atoms with E-state index in [0.29, 0.717) is 12.8 Å². The van der Waals surface area contributed by atoms with Gasteiger partial charge >= 0.3 is 0 Å². The van der Waals surface area contributed by atoms with Crippen molar-refractivity contribution in [2.75, 3.05) is 13.1 Å². The second-order valence-electron chi connectivity index (χ2n) is 3.61. The monoisotopic (exact) mass is 214 g/mol. The van der Waals surface area contributed by atoms with E-state index in [2.05, 4.69) is 5.32 Å². The molecule has 0 aromatic carbocycles. The predicted octanol–water partition coefficient (Wildman–Crippen LogP) is 0.991. The summed E-state index contributed by atoms with van der Waals surface area (Å²) in [5, 5.41) is 2.85. The van der Waals surface area contributed by atoms with E-state index in [4.69, 9.17) is 5.73 Å². The Morgan fingerprint density at radius 1 is 1.13 bits per heavy atom. The van der Waals surface area contributed by atoms with Crippen molar-refractivity contribution >= 4 is 12.2 Å². The summed E-state index contributed by atoms with van der Waals surface area (Å²) in [4.78, 5) is 21.2. The molecular formula is C11H22N2O2. The van der Waals surface area contributed by atoms with Crippen LogP contribution in [0.2, 0.25) is 0 Å². The standard InChI is InChI=1S/C11H22N2O2/c12-8-4-2-5-9-13-11(15)7-3-1-6-10-14/h10H,1-9,12H2,(H,13,15). The van der Waals surface area contributed by atoms with E-state index in [1.54, 1.807) is 0 Å². The van der Waals surface area contributed by atoms with Crippen molar-refractivity contribution in [2.24, 2.45) is 5.73 Å². The molecule has 0 aromatic rings. The number of nitrogens with two attached hydrogens (primary N) is 1. The maximum absolute atomic E-state index is 11.2. The Bertz CT molecular complexity index is 172. The van der Waals surface area contributed by atoms with E-state index in [1.165, 1.54) is 0 Å². The van der Waals surface area contributed by atoms with Gasteiger partial charge in [-0.15, -0.1) is 0 Å². The molecule has 0 heterocycles. The normalized spacial score (nSPS) is 9.93. The third-order valence-electron chi connectivity index (χ3n) is 2.18. The highest BCUT2D eigenvalue weighted by Crippen LogP contribution is 1.98. The molecule has 3 N–H and O–H groups in total. The Balaban J connectivity index is 3.15. The second kappa shape index (κ2) is 11.2. The molecule has 1 amide bonds. The Morgan fingerprint density at radius 2 is 1.93 bits per heavy atom. The minimum absolute atomic E-state index is 0.0913. The lowest BCUT2D eigenvalue weighted by molar-refractivity contribution is -0.121. The summed E-state index contributed by atoms with van der Waals surface area (Å²) in [6.07, 6.45) is 6.69. The van der Waals surface area contributed by atoms with Gasteiger partial charge in [-0.1, -0.05) is 6.42 Å². The van der Waals surface area contributed by atoms with Crippen molar-refractivity contribution in [3.05, 3.63) is 0 Å². The topological polar surface area (TPSA) is 72.2 Å². The molecule has 0 fully saturated rings. The van der Waals surface area contributed by atoms with Crippen LogP contribution in [0, 0.1) is 0 Å². The molecule has 0 unspecified atom stereocenters. The van der Waals surface area contributed by atoms with Crippen LogP contribution in [-0.4, -0.2) is 25.3 Å². The van der Waals surface area contributed by atoms with Gasteiger partial charge in [0.15, 0.2) is 0 Å². The van der Waals surface area contributed by atoms with Gasteiger partial charge in [0.25, 0.3) is 0 Å². The summed E-state index contributed by atoms with van der Waals surface area (Å²) in [5.41, 5.74) is 5.35. The van der Waals surface area contributed by atoms with E-state index in [1.807, 2.05) is 0 Å². The highest BCUT2D eigenvalue weighted by Gasteiger charge is 1.99. The molecule has 0 atom stereocenters. The number of amides is 1. The molecule has 0 radical (unpaired) electrons. The highest BCUT2D eigenvalue weighted by molar-refractivity contribution is 5.75. The van der Waals surface area contributed by atoms with Crippen LogP contribution in [0.25, 0.3) is 0 Å². The third-order valence-corrected chi connectivity index (χ3v) is 2.18. The minimum atomic E-state index is 0.0913. The van der Waals surface area contributed by atoms with E-state index >= 15 is 0 Å². The number of hydrogen-bond donors (Lipinski definition) is 2. The predicted molar refractivity (Wildman–Crippen MR) is 60.4 cm³/mol. The van der Waals surface area contributed by atoms with Crippen molar-refractivity contribution in [1.82, 2.24) is 5.32 Å². The van der Waals surface area contributed by atoms with Gasteiger partial charge in [-0.05, 0) is 32.2 Å². The van der Waals surface area contributed by atoms with Gasteiger partial charge in [0.1, 0.15) is 6.29 Å². The molecule has 0 bridgehead atoms. The average molecular weight is 214 g/mol. The smallest absolute Gasteiger partial charge is 0.219 e. The van der Waals surface area contributed by atoms with Crippen LogP contribution >= 0.6 is 0 Å². The molecule has 0 saturated heterocycles. The third kappa shape index (κ3) is 11.0. The second-order valence-corrected chi connectivity index (χ2v) is 3.61. The Labute approximate surface area is 91.6 Å². The Kier molecular flexibility index (Phi) is 10.5. The number of carbonyl (C=O) groups is 2. The number of nitrogens with one attached hydrogen (secondary N) is 1. The fourth-order valence-electron chi connectivity index (χ4n) is 1.28. The van der Waals surface area contributed by atoms with Gasteiger partial charge in [-0.2, -0.15) is 0 Å². The van der Waals surface area contributed by atoms with Crippen molar-refractivity contribution in [1.29, 1.82) is 0 Å². The largest absolute Gasteiger partial charge is 0.356 e. The molecule has 0 spiro atoms. The van der Waals surface area contributed by atoms with Crippen LogP contribution in [0.1, 0.15) is 44.9 Å². The number of aldehydes is 1. The molecular weight excluding hydrogens is 192 g/mol. The molecule has 0 aromatic heterocycles. The van der Waals surface area contributed by atoms with E-state index in [-0.39, 0.29) is 5.91 Å². The van der Waals surface area contributed by atoms with Crippen LogP contribution in [0.4, 0.5) is 0 Å². The van der Waals surface area contributed by atoms with Crippen LogP contribution < -0.4 is 11.1 Å². The summed E-state index contributed by atoms with van der Waals surface area (Å²) in [5.74, 6) is 0.0913. The Morgan fingerprint density at radius 3 is 2.60 bits per heavy atom.